The standard InChI is InChI=1S/C30H37N5O4/c1-3-10-35-11-9-27(31-35)30(37)34-13-12-32(2)29(36)24-6-4-5-23(20-24)21-25-22-26(33-14-17-38-18-15-33)7-8-28(25)39-19-16-34/h4-9,11,20,22H,3,10,12-19,21H2,1-2H3. The first kappa shape index (κ1) is 26.7. The summed E-state index contributed by atoms with van der Waals surface area (Å²) in [5, 5.41) is 4.46. The van der Waals surface area contributed by atoms with Gasteiger partial charge in [-0.2, -0.15) is 5.10 Å². The number of carbonyl (C=O) groups is 2. The van der Waals surface area contributed by atoms with E-state index in [9.17, 15) is 9.59 Å². The second-order valence-electron chi connectivity index (χ2n) is 10.1. The summed E-state index contributed by atoms with van der Waals surface area (Å²) in [6, 6.07) is 15.8. The van der Waals surface area contributed by atoms with Crippen LogP contribution >= 0.6 is 0 Å². The Labute approximate surface area is 229 Å². The Balaban J connectivity index is 1.44. The van der Waals surface area contributed by atoms with Gasteiger partial charge in [-0.15, -0.1) is 0 Å². The minimum atomic E-state index is -0.161. The molecule has 2 aliphatic heterocycles. The fourth-order valence-electron chi connectivity index (χ4n) is 5.06. The fourth-order valence-corrected chi connectivity index (χ4v) is 5.06. The van der Waals surface area contributed by atoms with Gasteiger partial charge in [0.25, 0.3) is 11.8 Å². The zero-order valence-corrected chi connectivity index (χ0v) is 22.8. The highest BCUT2D eigenvalue weighted by Crippen LogP contribution is 2.29. The molecule has 39 heavy (non-hydrogen) atoms. The van der Waals surface area contributed by atoms with E-state index in [-0.39, 0.29) is 11.8 Å². The molecule has 5 rings (SSSR count). The molecule has 0 N–H and O–H groups in total. The van der Waals surface area contributed by atoms with Crippen molar-refractivity contribution in [1.82, 2.24) is 19.6 Å². The summed E-state index contributed by atoms with van der Waals surface area (Å²) in [6.07, 6.45) is 3.41. The van der Waals surface area contributed by atoms with Crippen LogP contribution in [0.15, 0.2) is 54.7 Å². The van der Waals surface area contributed by atoms with E-state index < -0.39 is 0 Å². The number of aryl methyl sites for hydroxylation is 1. The van der Waals surface area contributed by atoms with Gasteiger partial charge in [0.05, 0.1) is 19.8 Å². The number of rotatable bonds is 4. The van der Waals surface area contributed by atoms with Crippen molar-refractivity contribution < 1.29 is 19.1 Å². The topological polar surface area (TPSA) is 80.1 Å². The highest BCUT2D eigenvalue weighted by molar-refractivity contribution is 5.94. The first-order chi connectivity index (χ1) is 19.0. The van der Waals surface area contributed by atoms with Crippen LogP contribution in [-0.2, 0) is 17.7 Å². The normalized spacial score (nSPS) is 16.9. The monoisotopic (exact) mass is 531 g/mol. The maximum Gasteiger partial charge on any atom is 0.274 e. The molecule has 1 saturated heterocycles. The molecule has 206 valence electrons. The van der Waals surface area contributed by atoms with E-state index in [4.69, 9.17) is 9.47 Å². The Morgan fingerprint density at radius 1 is 0.974 bits per heavy atom. The van der Waals surface area contributed by atoms with Gasteiger partial charge >= 0.3 is 0 Å². The largest absolute Gasteiger partial charge is 0.491 e. The summed E-state index contributed by atoms with van der Waals surface area (Å²) in [5.41, 5.74) is 4.27. The maximum atomic E-state index is 13.4. The molecule has 2 bridgehead atoms. The Bertz CT molecular complexity index is 1300. The highest BCUT2D eigenvalue weighted by atomic mass is 16.5. The second kappa shape index (κ2) is 12.3. The number of amides is 2. The van der Waals surface area contributed by atoms with Crippen LogP contribution in [0.1, 0.15) is 45.3 Å². The lowest BCUT2D eigenvalue weighted by Gasteiger charge is -2.30. The smallest absolute Gasteiger partial charge is 0.274 e. The van der Waals surface area contributed by atoms with E-state index in [1.165, 1.54) is 0 Å². The molecule has 2 aromatic carbocycles. The minimum Gasteiger partial charge on any atom is -0.491 e. The second-order valence-corrected chi connectivity index (χ2v) is 10.1. The Morgan fingerprint density at radius 3 is 2.64 bits per heavy atom. The summed E-state index contributed by atoms with van der Waals surface area (Å²) >= 11 is 0. The summed E-state index contributed by atoms with van der Waals surface area (Å²) < 4.78 is 13.6. The van der Waals surface area contributed by atoms with Gasteiger partial charge in [-0.3, -0.25) is 14.3 Å². The molecule has 0 radical (unpaired) electrons. The van der Waals surface area contributed by atoms with E-state index in [2.05, 4.69) is 29.1 Å². The van der Waals surface area contributed by atoms with Crippen molar-refractivity contribution in [2.45, 2.75) is 26.3 Å². The third kappa shape index (κ3) is 6.42. The predicted octanol–water partition coefficient (Wildman–Crippen LogP) is 3.33. The molecule has 9 nitrogen and oxygen atoms in total. The van der Waals surface area contributed by atoms with Gasteiger partial charge in [0.15, 0.2) is 0 Å². The number of morpholine rings is 1. The van der Waals surface area contributed by atoms with E-state index in [0.717, 1.165) is 48.6 Å². The Morgan fingerprint density at radius 2 is 1.82 bits per heavy atom. The molecule has 2 aliphatic rings. The minimum absolute atomic E-state index is 0.0629. The third-order valence-electron chi connectivity index (χ3n) is 7.26. The molecule has 3 heterocycles. The van der Waals surface area contributed by atoms with Crippen LogP contribution in [0, 0.1) is 0 Å². The first-order valence-corrected chi connectivity index (χ1v) is 13.8. The van der Waals surface area contributed by atoms with Crippen LogP contribution in [0.2, 0.25) is 0 Å². The number of carbonyl (C=O) groups excluding carboxylic acids is 2. The molecule has 2 amide bonds. The fraction of sp³-hybridized carbons (Fsp3) is 0.433. The predicted molar refractivity (Wildman–Crippen MR) is 150 cm³/mol. The van der Waals surface area contributed by atoms with Crippen LogP contribution in [0.4, 0.5) is 5.69 Å². The van der Waals surface area contributed by atoms with Crippen molar-refractivity contribution in [3.8, 4) is 5.75 Å². The number of nitrogens with zero attached hydrogens (tertiary/aromatic N) is 5. The molecule has 1 aromatic heterocycles. The van der Waals surface area contributed by atoms with Crippen molar-refractivity contribution in [3.05, 3.63) is 77.1 Å². The van der Waals surface area contributed by atoms with Crippen LogP contribution in [-0.4, -0.2) is 91.0 Å². The van der Waals surface area contributed by atoms with E-state index in [0.29, 0.717) is 57.1 Å². The van der Waals surface area contributed by atoms with Crippen molar-refractivity contribution in [2.24, 2.45) is 0 Å². The van der Waals surface area contributed by atoms with Crippen LogP contribution in [0.3, 0.4) is 0 Å². The van der Waals surface area contributed by atoms with Gasteiger partial charge in [-0.05, 0) is 48.4 Å². The summed E-state index contributed by atoms with van der Waals surface area (Å²) in [7, 11) is 1.78. The van der Waals surface area contributed by atoms with Gasteiger partial charge in [0, 0.05) is 69.2 Å². The van der Waals surface area contributed by atoms with Crippen molar-refractivity contribution in [2.75, 3.05) is 64.5 Å². The molecule has 1 fully saturated rings. The SMILES string of the molecule is CCCn1ccc(C(=O)N2CCOc3ccc(N4CCOCC4)cc3Cc3cccc(c3)C(=O)N(C)CC2)n1. The summed E-state index contributed by atoms with van der Waals surface area (Å²) in [6.45, 7) is 7.47. The van der Waals surface area contributed by atoms with Gasteiger partial charge in [0.1, 0.15) is 18.1 Å². The molecule has 3 aromatic rings. The van der Waals surface area contributed by atoms with Crippen LogP contribution in [0.5, 0.6) is 5.75 Å². The molecule has 0 atom stereocenters. The Hall–Kier alpha value is -3.85. The number of hydrogen-bond acceptors (Lipinski definition) is 6. The van der Waals surface area contributed by atoms with Gasteiger partial charge in [-0.1, -0.05) is 19.1 Å². The van der Waals surface area contributed by atoms with E-state index in [1.807, 2.05) is 36.5 Å². The number of aromatic nitrogens is 2. The lowest BCUT2D eigenvalue weighted by atomic mass is 10.0. The van der Waals surface area contributed by atoms with Crippen molar-refractivity contribution in [1.29, 1.82) is 0 Å². The number of hydrogen-bond donors (Lipinski definition) is 0. The van der Waals surface area contributed by atoms with Gasteiger partial charge in [0.2, 0.25) is 0 Å². The maximum absolute atomic E-state index is 13.4. The molecular formula is C30H37N5O4. The molecule has 0 unspecified atom stereocenters. The Kier molecular flexibility index (Phi) is 8.46. The van der Waals surface area contributed by atoms with E-state index >= 15 is 0 Å². The molecule has 9 heteroatoms. The zero-order chi connectivity index (χ0) is 27.2. The molecular weight excluding hydrogens is 494 g/mol. The number of likely N-dealkylation sites (N-methyl/N-ethyl adjacent to an activating group) is 1. The average Bonchev–Trinajstić information content (AvgIpc) is 3.43. The van der Waals surface area contributed by atoms with Gasteiger partial charge in [-0.25, -0.2) is 0 Å². The third-order valence-corrected chi connectivity index (χ3v) is 7.26. The number of fused-ring (bicyclic) bond motifs is 3. The zero-order valence-electron chi connectivity index (χ0n) is 22.8. The summed E-state index contributed by atoms with van der Waals surface area (Å²) in [5.74, 6) is 0.566. The molecule has 0 aliphatic carbocycles. The first-order valence-electron chi connectivity index (χ1n) is 13.8. The van der Waals surface area contributed by atoms with Crippen molar-refractivity contribution >= 4 is 17.5 Å². The van der Waals surface area contributed by atoms with Crippen LogP contribution in [0.25, 0.3) is 0 Å². The number of anilines is 1. The van der Waals surface area contributed by atoms with Gasteiger partial charge < -0.3 is 24.2 Å². The van der Waals surface area contributed by atoms with Crippen molar-refractivity contribution in [3.63, 3.8) is 0 Å². The lowest BCUT2D eigenvalue weighted by molar-refractivity contribution is 0.0663. The highest BCUT2D eigenvalue weighted by Gasteiger charge is 2.22. The van der Waals surface area contributed by atoms with Crippen LogP contribution < -0.4 is 9.64 Å². The molecule has 0 spiro atoms. The molecule has 0 saturated carbocycles. The quantitative estimate of drug-likeness (QED) is 0.514. The average molecular weight is 532 g/mol. The summed E-state index contributed by atoms with van der Waals surface area (Å²) in [4.78, 5) is 32.4. The lowest BCUT2D eigenvalue weighted by Crippen LogP contribution is -2.41. The van der Waals surface area contributed by atoms with E-state index in [1.54, 1.807) is 27.6 Å². The number of ether oxygens (including phenoxy) is 2. The number of benzene rings is 2.